The first-order chi connectivity index (χ1) is 9.61. The van der Waals surface area contributed by atoms with E-state index in [-0.39, 0.29) is 7.92 Å². The molecule has 2 aromatic rings. The molecule has 0 fully saturated rings. The van der Waals surface area contributed by atoms with E-state index in [4.69, 9.17) is 0 Å². The van der Waals surface area contributed by atoms with E-state index in [1.165, 1.54) is 22.3 Å². The molecule has 0 aromatic heterocycles. The molecular formula is C18H18LiP. The van der Waals surface area contributed by atoms with Crippen LogP contribution in [0.5, 0.6) is 0 Å². The van der Waals surface area contributed by atoms with Gasteiger partial charge in [0.25, 0.3) is 0 Å². The van der Waals surface area contributed by atoms with Crippen LogP contribution >= 0.6 is 7.92 Å². The van der Waals surface area contributed by atoms with Crippen LogP contribution < -0.4 is 0 Å². The Bertz CT molecular complexity index is 671. The summed E-state index contributed by atoms with van der Waals surface area (Å²) < 4.78 is 0.563. The van der Waals surface area contributed by atoms with Gasteiger partial charge in [0.1, 0.15) is 0 Å². The van der Waals surface area contributed by atoms with Crippen molar-refractivity contribution in [3.05, 3.63) is 65.2 Å². The Balaban J connectivity index is 2.28. The summed E-state index contributed by atoms with van der Waals surface area (Å²) in [5.74, 6) is 0. The molecule has 1 atom stereocenters. The van der Waals surface area contributed by atoms with Gasteiger partial charge < -0.3 is 0 Å². The average molecular weight is 272 g/mol. The van der Waals surface area contributed by atoms with Gasteiger partial charge in [0.2, 0.25) is 0 Å². The van der Waals surface area contributed by atoms with Gasteiger partial charge in [-0.15, -0.1) is 0 Å². The van der Waals surface area contributed by atoms with E-state index in [9.17, 15) is 0 Å². The third kappa shape index (κ3) is 2.21. The Labute approximate surface area is 132 Å². The standard InChI is InChI=1S/C18H18P.Li/c1-13-12-15-10-7-11-16(14-8-5-4-6-9-14)17(15)18(13)19(2)3;/h4-12H,1-3H3;. The van der Waals surface area contributed by atoms with Crippen LogP contribution in [-0.4, -0.2) is 31.0 Å². The van der Waals surface area contributed by atoms with Crippen molar-refractivity contribution in [2.75, 3.05) is 13.3 Å². The molecule has 0 radical (unpaired) electrons. The molecule has 3 rings (SSSR count). The summed E-state index contributed by atoms with van der Waals surface area (Å²) in [5, 5.41) is 1.61. The van der Waals surface area contributed by atoms with Crippen molar-refractivity contribution < 1.29 is 0 Å². The zero-order chi connectivity index (χ0) is 14.3. The average Bonchev–Trinajstić information content (AvgIpc) is 2.72. The second-order valence-corrected chi connectivity index (χ2v) is 8.02. The summed E-state index contributed by atoms with van der Waals surface area (Å²) in [6.07, 6.45) is 0. The van der Waals surface area contributed by atoms with E-state index >= 15 is 0 Å². The maximum atomic E-state index is 2.37. The number of hydrogen-bond donors (Lipinski definition) is 0. The van der Waals surface area contributed by atoms with E-state index in [0.717, 1.165) is 0 Å². The Morgan fingerprint density at radius 1 is 0.950 bits per heavy atom. The van der Waals surface area contributed by atoms with E-state index in [2.05, 4.69) is 86.5 Å². The number of hydrogen-bond acceptors (Lipinski definition) is 0. The van der Waals surface area contributed by atoms with E-state index in [1.54, 1.807) is 10.9 Å². The number of allylic oxidation sites excluding steroid dienone is 1. The molecule has 0 saturated carbocycles. The van der Waals surface area contributed by atoms with Crippen molar-refractivity contribution >= 4 is 31.0 Å². The molecule has 0 saturated heterocycles. The molecule has 1 unspecified atom stereocenters. The molecule has 1 aliphatic carbocycles. The molecule has 20 heavy (non-hydrogen) atoms. The van der Waals surface area contributed by atoms with Gasteiger partial charge in [0.05, 0.1) is 0 Å². The van der Waals surface area contributed by atoms with Crippen LogP contribution in [-0.2, 0) is 0 Å². The van der Waals surface area contributed by atoms with E-state index in [1.807, 2.05) is 0 Å². The first-order valence-corrected chi connectivity index (χ1v) is 9.41. The topological polar surface area (TPSA) is 0 Å². The van der Waals surface area contributed by atoms with Crippen LogP contribution in [0, 0.1) is 0 Å². The fourth-order valence-corrected chi connectivity index (χ4v) is 4.86. The van der Waals surface area contributed by atoms with Crippen molar-refractivity contribution in [2.45, 2.75) is 11.5 Å². The van der Waals surface area contributed by atoms with Crippen LogP contribution in [0.4, 0.5) is 0 Å². The van der Waals surface area contributed by atoms with Gasteiger partial charge in [-0.1, -0.05) is 0 Å². The molecule has 0 bridgehead atoms. The van der Waals surface area contributed by atoms with Crippen LogP contribution in [0.1, 0.15) is 22.6 Å². The summed E-state index contributed by atoms with van der Waals surface area (Å²) in [7, 11) is -0.0811. The van der Waals surface area contributed by atoms with Gasteiger partial charge >= 0.3 is 132 Å². The van der Waals surface area contributed by atoms with E-state index in [0.29, 0.717) is 4.59 Å². The van der Waals surface area contributed by atoms with Gasteiger partial charge in [-0.2, -0.15) is 0 Å². The quantitative estimate of drug-likeness (QED) is 0.530. The van der Waals surface area contributed by atoms with Crippen LogP contribution in [0.2, 0.25) is 0 Å². The van der Waals surface area contributed by atoms with Crippen molar-refractivity contribution in [1.29, 1.82) is 0 Å². The van der Waals surface area contributed by atoms with Crippen molar-refractivity contribution in [3.8, 4) is 11.1 Å². The van der Waals surface area contributed by atoms with Crippen LogP contribution in [0.25, 0.3) is 16.4 Å². The van der Waals surface area contributed by atoms with Gasteiger partial charge in [-0.3, -0.25) is 0 Å². The second kappa shape index (κ2) is 5.54. The molecule has 0 heterocycles. The summed E-state index contributed by atoms with van der Waals surface area (Å²) in [6, 6.07) is 17.6. The Morgan fingerprint density at radius 2 is 1.65 bits per heavy atom. The Morgan fingerprint density at radius 3 is 2.30 bits per heavy atom. The SMILES string of the molecule is [Li][CH]1C(C)=C(P(C)C)c2c(-c3ccccc3)cccc21. The zero-order valence-corrected chi connectivity index (χ0v) is 13.5. The summed E-state index contributed by atoms with van der Waals surface area (Å²) in [6.45, 7) is 7.06. The normalized spacial score (nSPS) is 17.8. The monoisotopic (exact) mass is 272 g/mol. The molecule has 96 valence electrons. The van der Waals surface area contributed by atoms with Gasteiger partial charge in [0, 0.05) is 0 Å². The summed E-state index contributed by atoms with van der Waals surface area (Å²) >= 11 is 2.34. The number of rotatable bonds is 2. The predicted octanol–water partition coefficient (Wildman–Crippen LogP) is 5.05. The molecule has 2 heteroatoms. The summed E-state index contributed by atoms with van der Waals surface area (Å²) in [5.41, 5.74) is 7.33. The molecule has 1 aliphatic rings. The second-order valence-electron chi connectivity index (χ2n) is 5.78. The molecule has 0 N–H and O–H groups in total. The van der Waals surface area contributed by atoms with Crippen LogP contribution in [0.3, 0.4) is 0 Å². The van der Waals surface area contributed by atoms with Gasteiger partial charge in [-0.25, -0.2) is 0 Å². The Kier molecular flexibility index (Phi) is 3.92. The van der Waals surface area contributed by atoms with Gasteiger partial charge in [0.15, 0.2) is 0 Å². The minimum absolute atomic E-state index is 0.0811. The number of benzene rings is 2. The third-order valence-electron chi connectivity index (χ3n) is 4.36. The summed E-state index contributed by atoms with van der Waals surface area (Å²) in [4.78, 5) is 0. The van der Waals surface area contributed by atoms with Crippen molar-refractivity contribution in [2.24, 2.45) is 0 Å². The first-order valence-electron chi connectivity index (χ1n) is 7.18. The molecular weight excluding hydrogens is 254 g/mol. The fourth-order valence-electron chi connectivity index (χ4n) is 3.27. The minimum atomic E-state index is -0.0811. The Hall–Kier alpha value is -0.793. The molecule has 0 amide bonds. The van der Waals surface area contributed by atoms with Crippen molar-refractivity contribution in [1.82, 2.24) is 0 Å². The molecule has 2 aromatic carbocycles. The van der Waals surface area contributed by atoms with Crippen molar-refractivity contribution in [3.63, 3.8) is 0 Å². The molecule has 0 spiro atoms. The number of fused-ring (bicyclic) bond motifs is 1. The first kappa shape index (κ1) is 14.2. The van der Waals surface area contributed by atoms with E-state index < -0.39 is 0 Å². The predicted molar refractivity (Wildman–Crippen MR) is 91.7 cm³/mol. The fraction of sp³-hybridized carbons (Fsp3) is 0.222. The molecule has 0 aliphatic heterocycles. The maximum absolute atomic E-state index is 2.37. The third-order valence-corrected chi connectivity index (χ3v) is 5.83. The van der Waals surface area contributed by atoms with Gasteiger partial charge in [-0.05, 0) is 0 Å². The van der Waals surface area contributed by atoms with Crippen LogP contribution in [0.15, 0.2) is 54.1 Å². The molecule has 0 nitrogen and oxygen atoms in total. The zero-order valence-electron chi connectivity index (χ0n) is 12.6.